The highest BCUT2D eigenvalue weighted by Gasteiger charge is 2.48. The van der Waals surface area contributed by atoms with Gasteiger partial charge in [0.15, 0.2) is 5.78 Å². The molecule has 1 atom stereocenters. The van der Waals surface area contributed by atoms with Crippen LogP contribution in [0.25, 0.3) is 0 Å². The summed E-state index contributed by atoms with van der Waals surface area (Å²) in [6, 6.07) is 3.16. The number of fused-ring (bicyclic) bond motifs is 1. The molecule has 1 aliphatic carbocycles. The molecule has 0 radical (unpaired) electrons. The minimum atomic E-state index is -4.55. The Balaban J connectivity index is 2.42. The number of alkyl halides is 3. The highest BCUT2D eigenvalue weighted by molar-refractivity contribution is 6.02. The molecule has 0 aromatic heterocycles. The van der Waals surface area contributed by atoms with Crippen LogP contribution in [0.1, 0.15) is 15.9 Å². The molecule has 1 unspecified atom stereocenters. The molecule has 15 heavy (non-hydrogen) atoms. The summed E-state index contributed by atoms with van der Waals surface area (Å²) in [5.74, 6) is -3.73. The van der Waals surface area contributed by atoms with Crippen LogP contribution in [0.5, 0.6) is 0 Å². The zero-order chi connectivity index (χ0) is 11.2. The fourth-order valence-corrected chi connectivity index (χ4v) is 1.72. The minimum Gasteiger partial charge on any atom is -0.293 e. The van der Waals surface area contributed by atoms with Crippen LogP contribution >= 0.6 is 0 Å². The molecule has 1 aromatic rings. The lowest BCUT2D eigenvalue weighted by molar-refractivity contribution is -0.158. The third kappa shape index (κ3) is 1.62. The number of hydrogen-bond donors (Lipinski definition) is 0. The monoisotopic (exact) mass is 218 g/mol. The number of halogens is 4. The molecule has 2 rings (SSSR count). The lowest BCUT2D eigenvalue weighted by atomic mass is 10.1. The Morgan fingerprint density at radius 2 is 1.93 bits per heavy atom. The summed E-state index contributed by atoms with van der Waals surface area (Å²) in [5.41, 5.74) is 0.126. The first-order valence-corrected chi connectivity index (χ1v) is 4.29. The maximum Gasteiger partial charge on any atom is 0.399 e. The molecule has 80 valence electrons. The number of ketones is 1. The summed E-state index contributed by atoms with van der Waals surface area (Å²) in [4.78, 5) is 11.3. The SMILES string of the molecule is O=C1c2cc(F)ccc2CC1C(F)(F)F. The Morgan fingerprint density at radius 3 is 2.53 bits per heavy atom. The van der Waals surface area contributed by atoms with Crippen LogP contribution < -0.4 is 0 Å². The molecule has 5 heteroatoms. The zero-order valence-corrected chi connectivity index (χ0v) is 7.44. The topological polar surface area (TPSA) is 17.1 Å². The van der Waals surface area contributed by atoms with E-state index in [2.05, 4.69) is 0 Å². The number of carbonyl (C=O) groups is 1. The number of hydrogen-bond acceptors (Lipinski definition) is 1. The van der Waals surface area contributed by atoms with Crippen molar-refractivity contribution in [2.24, 2.45) is 5.92 Å². The molecular weight excluding hydrogens is 212 g/mol. The van der Waals surface area contributed by atoms with Crippen molar-refractivity contribution < 1.29 is 22.4 Å². The standard InChI is InChI=1S/C10H6F4O/c11-6-2-1-5-3-8(10(12,13)14)9(15)7(5)4-6/h1-2,4,8H,3H2. The Bertz CT molecular complexity index is 422. The van der Waals surface area contributed by atoms with Gasteiger partial charge in [-0.05, 0) is 24.1 Å². The van der Waals surface area contributed by atoms with Gasteiger partial charge in [0.05, 0.1) is 0 Å². The predicted molar refractivity (Wildman–Crippen MR) is 44.0 cm³/mol. The summed E-state index contributed by atoms with van der Waals surface area (Å²) in [6.45, 7) is 0. The van der Waals surface area contributed by atoms with E-state index < -0.39 is 23.7 Å². The van der Waals surface area contributed by atoms with Crippen molar-refractivity contribution in [3.8, 4) is 0 Å². The van der Waals surface area contributed by atoms with Gasteiger partial charge in [0.2, 0.25) is 0 Å². The van der Waals surface area contributed by atoms with Crippen LogP contribution in [-0.2, 0) is 6.42 Å². The lowest BCUT2D eigenvalue weighted by Gasteiger charge is -2.11. The third-order valence-corrected chi connectivity index (χ3v) is 2.47. The third-order valence-electron chi connectivity index (χ3n) is 2.47. The van der Waals surface area contributed by atoms with Crippen molar-refractivity contribution in [1.82, 2.24) is 0 Å². The molecule has 0 fully saturated rings. The van der Waals surface area contributed by atoms with Crippen molar-refractivity contribution in [1.29, 1.82) is 0 Å². The quantitative estimate of drug-likeness (QED) is 0.612. The Kier molecular flexibility index (Phi) is 2.06. The van der Waals surface area contributed by atoms with Crippen molar-refractivity contribution in [2.45, 2.75) is 12.6 Å². The molecule has 1 aromatic carbocycles. The van der Waals surface area contributed by atoms with Crippen molar-refractivity contribution >= 4 is 5.78 Å². The van der Waals surface area contributed by atoms with E-state index in [1.807, 2.05) is 0 Å². The molecule has 1 aliphatic rings. The van der Waals surface area contributed by atoms with Gasteiger partial charge in [0.25, 0.3) is 0 Å². The average Bonchev–Trinajstić information content (AvgIpc) is 2.43. The number of Topliss-reactive ketones (excluding diaryl/α,β-unsaturated/α-hetero) is 1. The minimum absolute atomic E-state index is 0.141. The largest absolute Gasteiger partial charge is 0.399 e. The molecule has 0 bridgehead atoms. The number of benzene rings is 1. The summed E-state index contributed by atoms with van der Waals surface area (Å²) in [5, 5.41) is 0. The van der Waals surface area contributed by atoms with Gasteiger partial charge >= 0.3 is 6.18 Å². The summed E-state index contributed by atoms with van der Waals surface area (Å²) in [6.07, 6.45) is -4.93. The molecule has 0 saturated carbocycles. The van der Waals surface area contributed by atoms with Crippen LogP contribution in [0.3, 0.4) is 0 Å². The molecular formula is C10H6F4O. The Hall–Kier alpha value is -1.39. The second-order valence-electron chi connectivity index (χ2n) is 3.46. The first-order chi connectivity index (χ1) is 6.89. The van der Waals surface area contributed by atoms with E-state index in [0.29, 0.717) is 0 Å². The van der Waals surface area contributed by atoms with E-state index >= 15 is 0 Å². The molecule has 0 saturated heterocycles. The first-order valence-electron chi connectivity index (χ1n) is 4.29. The van der Waals surface area contributed by atoms with Gasteiger partial charge in [-0.3, -0.25) is 4.79 Å². The average molecular weight is 218 g/mol. The van der Waals surface area contributed by atoms with E-state index in [1.54, 1.807) is 0 Å². The maximum absolute atomic E-state index is 12.7. The maximum atomic E-state index is 12.7. The van der Waals surface area contributed by atoms with Crippen LogP contribution in [0.15, 0.2) is 18.2 Å². The van der Waals surface area contributed by atoms with E-state index in [4.69, 9.17) is 0 Å². The highest BCUT2D eigenvalue weighted by atomic mass is 19.4. The Morgan fingerprint density at radius 1 is 1.27 bits per heavy atom. The van der Waals surface area contributed by atoms with Gasteiger partial charge in [0, 0.05) is 5.56 Å². The van der Waals surface area contributed by atoms with E-state index in [0.717, 1.165) is 12.1 Å². The van der Waals surface area contributed by atoms with Crippen LogP contribution in [0.4, 0.5) is 17.6 Å². The molecule has 0 aliphatic heterocycles. The van der Waals surface area contributed by atoms with Crippen LogP contribution in [-0.4, -0.2) is 12.0 Å². The highest BCUT2D eigenvalue weighted by Crippen LogP contribution is 2.38. The molecule has 0 amide bonds. The summed E-state index contributed by atoms with van der Waals surface area (Å²) < 4.78 is 49.8. The molecule has 0 heterocycles. The smallest absolute Gasteiger partial charge is 0.293 e. The van der Waals surface area contributed by atoms with Gasteiger partial charge in [-0.2, -0.15) is 13.2 Å². The first kappa shape index (κ1) is 10.1. The predicted octanol–water partition coefficient (Wildman–Crippen LogP) is 2.74. The summed E-state index contributed by atoms with van der Waals surface area (Å²) in [7, 11) is 0. The second-order valence-corrected chi connectivity index (χ2v) is 3.46. The second kappa shape index (κ2) is 3.05. The van der Waals surface area contributed by atoms with E-state index in [1.165, 1.54) is 6.07 Å². The molecule has 1 nitrogen and oxygen atoms in total. The van der Waals surface area contributed by atoms with Crippen molar-refractivity contribution in [2.75, 3.05) is 0 Å². The lowest BCUT2D eigenvalue weighted by Crippen LogP contribution is -2.27. The normalized spacial score (nSPS) is 20.5. The Labute approximate surface area is 82.7 Å². The van der Waals surface area contributed by atoms with Crippen LogP contribution in [0, 0.1) is 11.7 Å². The fourth-order valence-electron chi connectivity index (χ4n) is 1.72. The summed E-state index contributed by atoms with van der Waals surface area (Å²) >= 11 is 0. The zero-order valence-electron chi connectivity index (χ0n) is 7.44. The molecule has 0 N–H and O–H groups in total. The van der Waals surface area contributed by atoms with E-state index in [9.17, 15) is 22.4 Å². The number of carbonyl (C=O) groups excluding carboxylic acids is 1. The van der Waals surface area contributed by atoms with Gasteiger partial charge in [-0.15, -0.1) is 0 Å². The van der Waals surface area contributed by atoms with Crippen molar-refractivity contribution in [3.05, 3.63) is 35.1 Å². The van der Waals surface area contributed by atoms with Gasteiger partial charge < -0.3 is 0 Å². The van der Waals surface area contributed by atoms with Crippen LogP contribution in [0.2, 0.25) is 0 Å². The van der Waals surface area contributed by atoms with Gasteiger partial charge in [-0.25, -0.2) is 4.39 Å². The fraction of sp³-hybridized carbons (Fsp3) is 0.300. The van der Waals surface area contributed by atoms with Crippen molar-refractivity contribution in [3.63, 3.8) is 0 Å². The molecule has 0 spiro atoms. The van der Waals surface area contributed by atoms with Gasteiger partial charge in [0.1, 0.15) is 11.7 Å². The number of rotatable bonds is 0. The van der Waals surface area contributed by atoms with E-state index in [-0.39, 0.29) is 17.5 Å². The van der Waals surface area contributed by atoms with Gasteiger partial charge in [-0.1, -0.05) is 6.07 Å².